The molecule has 1 rings (SSSR count). The minimum atomic E-state index is -2.98. The summed E-state index contributed by atoms with van der Waals surface area (Å²) < 4.78 is 21.9. The topological polar surface area (TPSA) is 73.1 Å². The van der Waals surface area contributed by atoms with Crippen molar-refractivity contribution in [3.8, 4) is 0 Å². The van der Waals surface area contributed by atoms with Crippen LogP contribution in [-0.4, -0.2) is 31.5 Å². The van der Waals surface area contributed by atoms with Gasteiger partial charge in [0.15, 0.2) is 0 Å². The Hall–Kier alpha value is -0.460. The summed E-state index contributed by atoms with van der Waals surface area (Å²) in [4.78, 5) is 4.22. The first-order chi connectivity index (χ1) is 6.37. The lowest BCUT2D eigenvalue weighted by Crippen LogP contribution is -2.31. The van der Waals surface area contributed by atoms with Crippen LogP contribution < -0.4 is 5.73 Å². The van der Waals surface area contributed by atoms with Crippen molar-refractivity contribution in [1.29, 1.82) is 0 Å². The van der Waals surface area contributed by atoms with Gasteiger partial charge in [-0.05, 0) is 6.92 Å². The fraction of sp³-hybridized carbons (Fsp3) is 0.625. The minimum absolute atomic E-state index is 0.0195. The molecule has 0 spiro atoms. The predicted molar refractivity (Wildman–Crippen MR) is 58.2 cm³/mol. The zero-order valence-corrected chi connectivity index (χ0v) is 9.86. The summed E-state index contributed by atoms with van der Waals surface area (Å²) >= 11 is 1.52. The van der Waals surface area contributed by atoms with E-state index in [4.69, 9.17) is 5.73 Å². The fourth-order valence-electron chi connectivity index (χ4n) is 1.17. The van der Waals surface area contributed by atoms with E-state index in [-0.39, 0.29) is 11.8 Å². The van der Waals surface area contributed by atoms with Crippen molar-refractivity contribution in [1.82, 2.24) is 4.98 Å². The van der Waals surface area contributed by atoms with Gasteiger partial charge in [0, 0.05) is 29.8 Å². The Morgan fingerprint density at radius 3 is 2.71 bits per heavy atom. The van der Waals surface area contributed by atoms with E-state index in [0.717, 1.165) is 10.7 Å². The monoisotopic (exact) mass is 234 g/mol. The molecule has 1 unspecified atom stereocenters. The van der Waals surface area contributed by atoms with Gasteiger partial charge in [0.25, 0.3) is 0 Å². The summed E-state index contributed by atoms with van der Waals surface area (Å²) in [5.41, 5.74) is 6.64. The highest BCUT2D eigenvalue weighted by atomic mass is 32.2. The highest BCUT2D eigenvalue weighted by molar-refractivity contribution is 7.90. The fourth-order valence-corrected chi connectivity index (χ4v) is 2.93. The van der Waals surface area contributed by atoms with Crippen LogP contribution in [0.3, 0.4) is 0 Å². The molecule has 2 N–H and O–H groups in total. The van der Waals surface area contributed by atoms with Crippen LogP contribution in [0, 0.1) is 6.92 Å². The van der Waals surface area contributed by atoms with Crippen LogP contribution in [0.1, 0.15) is 10.7 Å². The molecule has 1 aromatic rings. The quantitative estimate of drug-likeness (QED) is 0.816. The van der Waals surface area contributed by atoms with Gasteiger partial charge in [0.2, 0.25) is 0 Å². The second kappa shape index (κ2) is 4.37. The third kappa shape index (κ3) is 4.17. The summed E-state index contributed by atoms with van der Waals surface area (Å²) in [5, 5.41) is 2.83. The van der Waals surface area contributed by atoms with Crippen molar-refractivity contribution in [2.45, 2.75) is 19.4 Å². The molecule has 0 aliphatic rings. The molecule has 80 valence electrons. The maximum atomic E-state index is 10.9. The number of rotatable bonds is 4. The second-order valence-corrected chi connectivity index (χ2v) is 6.57. The zero-order valence-electron chi connectivity index (χ0n) is 8.23. The standard InChI is InChI=1S/C8H14N2O2S2/c1-6-4-13-8(10-6)3-7(9)5-14(2,11)12/h4,7H,3,5,9H2,1-2H3. The molecule has 6 heteroatoms. The normalized spacial score (nSPS) is 14.2. The summed E-state index contributed by atoms with van der Waals surface area (Å²) in [6.45, 7) is 1.90. The lowest BCUT2D eigenvalue weighted by Gasteiger charge is -2.07. The van der Waals surface area contributed by atoms with E-state index < -0.39 is 9.84 Å². The van der Waals surface area contributed by atoms with Gasteiger partial charge in [-0.2, -0.15) is 0 Å². The van der Waals surface area contributed by atoms with E-state index in [0.29, 0.717) is 6.42 Å². The van der Waals surface area contributed by atoms with Gasteiger partial charge in [-0.3, -0.25) is 0 Å². The van der Waals surface area contributed by atoms with Crippen LogP contribution in [0.2, 0.25) is 0 Å². The molecule has 1 aromatic heterocycles. The van der Waals surface area contributed by atoms with Crippen LogP contribution in [0.5, 0.6) is 0 Å². The summed E-state index contributed by atoms with van der Waals surface area (Å²) in [6, 6.07) is -0.351. The summed E-state index contributed by atoms with van der Waals surface area (Å²) in [6.07, 6.45) is 1.73. The van der Waals surface area contributed by atoms with Gasteiger partial charge in [-0.15, -0.1) is 11.3 Å². The first-order valence-electron chi connectivity index (χ1n) is 4.21. The lowest BCUT2D eigenvalue weighted by molar-refractivity contribution is 0.591. The molecular formula is C8H14N2O2S2. The summed E-state index contributed by atoms with van der Waals surface area (Å²) in [7, 11) is -2.98. The Bertz CT molecular complexity index is 397. The van der Waals surface area contributed by atoms with Gasteiger partial charge >= 0.3 is 0 Å². The highest BCUT2D eigenvalue weighted by Crippen LogP contribution is 2.10. The van der Waals surface area contributed by atoms with Crippen molar-refractivity contribution in [3.05, 3.63) is 16.1 Å². The Morgan fingerprint density at radius 2 is 2.29 bits per heavy atom. The Balaban J connectivity index is 2.53. The van der Waals surface area contributed by atoms with Crippen LogP contribution >= 0.6 is 11.3 Å². The molecule has 0 saturated carbocycles. The lowest BCUT2D eigenvalue weighted by atomic mass is 10.3. The van der Waals surface area contributed by atoms with E-state index >= 15 is 0 Å². The van der Waals surface area contributed by atoms with Crippen molar-refractivity contribution >= 4 is 21.2 Å². The summed E-state index contributed by atoms with van der Waals surface area (Å²) in [5.74, 6) is 0.0195. The second-order valence-electron chi connectivity index (χ2n) is 3.44. The van der Waals surface area contributed by atoms with E-state index in [1.54, 1.807) is 0 Å². The van der Waals surface area contributed by atoms with Crippen molar-refractivity contribution in [3.63, 3.8) is 0 Å². The Kier molecular flexibility index (Phi) is 3.63. The Morgan fingerprint density at radius 1 is 1.64 bits per heavy atom. The molecular weight excluding hydrogens is 220 g/mol. The van der Waals surface area contributed by atoms with Crippen LogP contribution in [0.25, 0.3) is 0 Å². The molecule has 4 nitrogen and oxygen atoms in total. The number of nitrogens with two attached hydrogens (primary N) is 1. The van der Waals surface area contributed by atoms with E-state index in [1.165, 1.54) is 17.6 Å². The van der Waals surface area contributed by atoms with E-state index in [1.807, 2.05) is 12.3 Å². The van der Waals surface area contributed by atoms with Gasteiger partial charge in [0.05, 0.1) is 10.8 Å². The molecule has 0 amide bonds. The molecule has 0 bridgehead atoms. The number of sulfone groups is 1. The number of aryl methyl sites for hydroxylation is 1. The molecule has 0 fully saturated rings. The number of hydrogen-bond donors (Lipinski definition) is 1. The van der Waals surface area contributed by atoms with Gasteiger partial charge in [-0.1, -0.05) is 0 Å². The van der Waals surface area contributed by atoms with Crippen LogP contribution in [0.15, 0.2) is 5.38 Å². The number of nitrogens with zero attached hydrogens (tertiary/aromatic N) is 1. The van der Waals surface area contributed by atoms with E-state index in [2.05, 4.69) is 4.98 Å². The van der Waals surface area contributed by atoms with Gasteiger partial charge < -0.3 is 5.73 Å². The average molecular weight is 234 g/mol. The van der Waals surface area contributed by atoms with Crippen LogP contribution in [0.4, 0.5) is 0 Å². The molecule has 0 saturated heterocycles. The van der Waals surface area contributed by atoms with E-state index in [9.17, 15) is 8.42 Å². The average Bonchev–Trinajstić information content (AvgIpc) is 2.30. The minimum Gasteiger partial charge on any atom is -0.326 e. The largest absolute Gasteiger partial charge is 0.326 e. The van der Waals surface area contributed by atoms with Gasteiger partial charge in [0.1, 0.15) is 9.84 Å². The molecule has 0 aliphatic heterocycles. The number of hydrogen-bond acceptors (Lipinski definition) is 5. The molecule has 0 aromatic carbocycles. The zero-order chi connectivity index (χ0) is 10.8. The van der Waals surface area contributed by atoms with Crippen molar-refractivity contribution in [2.24, 2.45) is 5.73 Å². The van der Waals surface area contributed by atoms with Crippen molar-refractivity contribution < 1.29 is 8.42 Å². The molecule has 1 atom stereocenters. The maximum absolute atomic E-state index is 10.9. The Labute approximate surface area is 88.1 Å². The highest BCUT2D eigenvalue weighted by Gasteiger charge is 2.12. The number of aromatic nitrogens is 1. The third-order valence-electron chi connectivity index (χ3n) is 1.62. The first kappa shape index (κ1) is 11.6. The third-order valence-corrected chi connectivity index (χ3v) is 3.64. The molecule has 14 heavy (non-hydrogen) atoms. The number of thiazole rings is 1. The predicted octanol–water partition coefficient (Wildman–Crippen LogP) is 0.366. The first-order valence-corrected chi connectivity index (χ1v) is 7.15. The maximum Gasteiger partial charge on any atom is 0.148 e. The SMILES string of the molecule is Cc1csc(CC(N)CS(C)(=O)=O)n1. The van der Waals surface area contributed by atoms with Crippen molar-refractivity contribution in [2.75, 3.05) is 12.0 Å². The van der Waals surface area contributed by atoms with Crippen LogP contribution in [-0.2, 0) is 16.3 Å². The van der Waals surface area contributed by atoms with Gasteiger partial charge in [-0.25, -0.2) is 13.4 Å². The smallest absolute Gasteiger partial charge is 0.148 e. The molecule has 0 radical (unpaired) electrons. The molecule has 1 heterocycles. The molecule has 0 aliphatic carbocycles.